The van der Waals surface area contributed by atoms with E-state index in [1.165, 1.54) is 25.7 Å². The van der Waals surface area contributed by atoms with Crippen LogP contribution >= 0.6 is 0 Å². The molecule has 2 aromatic rings. The largest absolute Gasteiger partial charge is 0.497 e. The van der Waals surface area contributed by atoms with Crippen molar-refractivity contribution in [3.8, 4) is 5.75 Å². The molecule has 4 nitrogen and oxygen atoms in total. The molecule has 0 radical (unpaired) electrons. The van der Waals surface area contributed by atoms with E-state index in [1.807, 2.05) is 54.6 Å². The van der Waals surface area contributed by atoms with Crippen LogP contribution in [0.3, 0.4) is 0 Å². The fourth-order valence-electron chi connectivity index (χ4n) is 3.57. The third-order valence-corrected chi connectivity index (χ3v) is 4.99. The van der Waals surface area contributed by atoms with E-state index >= 15 is 0 Å². The van der Waals surface area contributed by atoms with E-state index in [4.69, 9.17) is 4.74 Å². The summed E-state index contributed by atoms with van der Waals surface area (Å²) < 4.78 is 5.25. The van der Waals surface area contributed by atoms with Crippen molar-refractivity contribution in [3.63, 3.8) is 0 Å². The molecular weight excluding hydrogens is 324 g/mol. The van der Waals surface area contributed by atoms with Crippen LogP contribution in [-0.4, -0.2) is 19.1 Å². The fourth-order valence-corrected chi connectivity index (χ4v) is 3.57. The molecule has 1 aliphatic carbocycles. The van der Waals surface area contributed by atoms with Gasteiger partial charge in [-0.05, 0) is 30.5 Å². The molecule has 0 heterocycles. The molecule has 0 aliphatic heterocycles. The Morgan fingerprint density at radius 2 is 1.73 bits per heavy atom. The number of carbonyl (C=O) groups excluding carboxylic acids is 1. The SMILES string of the molecule is COc1cccc(NC(=O)[C@@H](NC2CCCCCC2)c2ccccc2)c1. The summed E-state index contributed by atoms with van der Waals surface area (Å²) in [7, 11) is 1.63. The molecule has 1 atom stereocenters. The van der Waals surface area contributed by atoms with Crippen molar-refractivity contribution in [1.82, 2.24) is 5.32 Å². The highest BCUT2D eigenvalue weighted by Crippen LogP contribution is 2.23. The minimum atomic E-state index is -0.356. The highest BCUT2D eigenvalue weighted by Gasteiger charge is 2.24. The molecule has 3 rings (SSSR count). The number of hydrogen-bond donors (Lipinski definition) is 2. The molecule has 1 aliphatic rings. The maximum Gasteiger partial charge on any atom is 0.246 e. The molecule has 2 aromatic carbocycles. The molecular formula is C22H28N2O2. The van der Waals surface area contributed by atoms with Crippen LogP contribution in [0, 0.1) is 0 Å². The summed E-state index contributed by atoms with van der Waals surface area (Å²) in [5, 5.41) is 6.66. The van der Waals surface area contributed by atoms with Gasteiger partial charge in [-0.1, -0.05) is 62.1 Å². The number of ether oxygens (including phenoxy) is 1. The maximum atomic E-state index is 13.1. The van der Waals surface area contributed by atoms with Gasteiger partial charge >= 0.3 is 0 Å². The number of carbonyl (C=O) groups is 1. The molecule has 1 saturated carbocycles. The second-order valence-electron chi connectivity index (χ2n) is 6.92. The molecule has 0 saturated heterocycles. The first kappa shape index (κ1) is 18.5. The Balaban J connectivity index is 1.76. The van der Waals surface area contributed by atoms with Crippen LogP contribution in [0.4, 0.5) is 5.69 Å². The predicted octanol–water partition coefficient (Wildman–Crippen LogP) is 4.69. The van der Waals surface area contributed by atoms with Gasteiger partial charge in [0.2, 0.25) is 5.91 Å². The average Bonchev–Trinajstić information content (AvgIpc) is 2.95. The zero-order chi connectivity index (χ0) is 18.2. The highest BCUT2D eigenvalue weighted by atomic mass is 16.5. The summed E-state index contributed by atoms with van der Waals surface area (Å²) in [6.45, 7) is 0. The van der Waals surface area contributed by atoms with E-state index in [-0.39, 0.29) is 11.9 Å². The second kappa shape index (κ2) is 9.39. The lowest BCUT2D eigenvalue weighted by Gasteiger charge is -2.25. The van der Waals surface area contributed by atoms with E-state index in [0.29, 0.717) is 6.04 Å². The van der Waals surface area contributed by atoms with Gasteiger partial charge in [-0.3, -0.25) is 10.1 Å². The third kappa shape index (κ3) is 5.09. The Labute approximate surface area is 156 Å². The number of benzene rings is 2. The summed E-state index contributed by atoms with van der Waals surface area (Å²) in [5.41, 5.74) is 1.75. The molecule has 0 unspecified atom stereocenters. The first-order chi connectivity index (χ1) is 12.8. The van der Waals surface area contributed by atoms with Gasteiger partial charge < -0.3 is 10.1 Å². The van der Waals surface area contributed by atoms with Crippen LogP contribution in [0.25, 0.3) is 0 Å². The summed E-state index contributed by atoms with van der Waals surface area (Å²) in [5.74, 6) is 0.699. The Hall–Kier alpha value is -2.33. The van der Waals surface area contributed by atoms with Gasteiger partial charge in [0.15, 0.2) is 0 Å². The zero-order valence-electron chi connectivity index (χ0n) is 15.4. The Bertz CT molecular complexity index is 694. The van der Waals surface area contributed by atoms with Crippen LogP contribution in [0.15, 0.2) is 54.6 Å². The Kier molecular flexibility index (Phi) is 6.67. The lowest BCUT2D eigenvalue weighted by molar-refractivity contribution is -0.118. The second-order valence-corrected chi connectivity index (χ2v) is 6.92. The third-order valence-electron chi connectivity index (χ3n) is 4.99. The molecule has 26 heavy (non-hydrogen) atoms. The van der Waals surface area contributed by atoms with Crippen LogP contribution in [0.5, 0.6) is 5.75 Å². The van der Waals surface area contributed by atoms with Gasteiger partial charge in [0.1, 0.15) is 11.8 Å². The first-order valence-electron chi connectivity index (χ1n) is 9.52. The predicted molar refractivity (Wildman–Crippen MR) is 105 cm³/mol. The van der Waals surface area contributed by atoms with Crippen molar-refractivity contribution in [1.29, 1.82) is 0 Å². The van der Waals surface area contributed by atoms with E-state index < -0.39 is 0 Å². The minimum Gasteiger partial charge on any atom is -0.497 e. The Morgan fingerprint density at radius 3 is 2.42 bits per heavy atom. The average molecular weight is 352 g/mol. The quantitative estimate of drug-likeness (QED) is 0.742. The smallest absolute Gasteiger partial charge is 0.246 e. The van der Waals surface area contributed by atoms with Crippen LogP contribution < -0.4 is 15.4 Å². The van der Waals surface area contributed by atoms with Crippen molar-refractivity contribution in [3.05, 3.63) is 60.2 Å². The van der Waals surface area contributed by atoms with Crippen LogP contribution in [0.2, 0.25) is 0 Å². The number of anilines is 1. The topological polar surface area (TPSA) is 50.4 Å². The minimum absolute atomic E-state index is 0.0336. The van der Waals surface area contributed by atoms with Gasteiger partial charge in [-0.25, -0.2) is 0 Å². The molecule has 1 fully saturated rings. The van der Waals surface area contributed by atoms with Gasteiger partial charge in [0, 0.05) is 17.8 Å². The first-order valence-corrected chi connectivity index (χ1v) is 9.52. The van der Waals surface area contributed by atoms with Gasteiger partial charge in [-0.15, -0.1) is 0 Å². The van der Waals surface area contributed by atoms with Crippen molar-refractivity contribution < 1.29 is 9.53 Å². The standard InChI is InChI=1S/C22H28N2O2/c1-26-20-15-9-14-19(16-20)24-22(25)21(17-10-5-4-6-11-17)23-18-12-7-2-3-8-13-18/h4-6,9-11,14-16,18,21,23H,2-3,7-8,12-13H2,1H3,(H,24,25)/t21-/m0/s1. The maximum absolute atomic E-state index is 13.1. The normalized spacial score (nSPS) is 16.5. The number of amides is 1. The van der Waals surface area contributed by atoms with E-state index in [0.717, 1.165) is 29.8 Å². The van der Waals surface area contributed by atoms with E-state index in [2.05, 4.69) is 10.6 Å². The van der Waals surface area contributed by atoms with Crippen molar-refractivity contribution in [2.75, 3.05) is 12.4 Å². The number of rotatable bonds is 6. The number of hydrogen-bond acceptors (Lipinski definition) is 3. The summed E-state index contributed by atoms with van der Waals surface area (Å²) in [6, 6.07) is 17.5. The van der Waals surface area contributed by atoms with Crippen LogP contribution in [-0.2, 0) is 4.79 Å². The van der Waals surface area contributed by atoms with Crippen LogP contribution in [0.1, 0.15) is 50.1 Å². The molecule has 2 N–H and O–H groups in total. The monoisotopic (exact) mass is 352 g/mol. The van der Waals surface area contributed by atoms with Crippen molar-refractivity contribution in [2.45, 2.75) is 50.6 Å². The highest BCUT2D eigenvalue weighted by molar-refractivity contribution is 5.95. The Morgan fingerprint density at radius 1 is 1.00 bits per heavy atom. The number of nitrogens with one attached hydrogen (secondary N) is 2. The fraction of sp³-hybridized carbons (Fsp3) is 0.409. The summed E-state index contributed by atoms with van der Waals surface area (Å²) in [4.78, 5) is 13.1. The number of methoxy groups -OCH3 is 1. The van der Waals surface area contributed by atoms with Gasteiger partial charge in [0.25, 0.3) is 0 Å². The van der Waals surface area contributed by atoms with Gasteiger partial charge in [-0.2, -0.15) is 0 Å². The lowest BCUT2D eigenvalue weighted by Crippen LogP contribution is -2.39. The summed E-state index contributed by atoms with van der Waals surface area (Å²) in [6.07, 6.45) is 7.33. The molecule has 0 aromatic heterocycles. The molecule has 138 valence electrons. The molecule has 0 bridgehead atoms. The van der Waals surface area contributed by atoms with Gasteiger partial charge in [0.05, 0.1) is 7.11 Å². The molecule has 0 spiro atoms. The van der Waals surface area contributed by atoms with E-state index in [9.17, 15) is 4.79 Å². The summed E-state index contributed by atoms with van der Waals surface area (Å²) >= 11 is 0. The lowest BCUT2D eigenvalue weighted by atomic mass is 10.0. The molecule has 1 amide bonds. The zero-order valence-corrected chi connectivity index (χ0v) is 15.4. The molecule has 4 heteroatoms. The van der Waals surface area contributed by atoms with Crippen molar-refractivity contribution >= 4 is 11.6 Å². The van der Waals surface area contributed by atoms with Crippen molar-refractivity contribution in [2.24, 2.45) is 0 Å². The van der Waals surface area contributed by atoms with E-state index in [1.54, 1.807) is 7.11 Å².